The lowest BCUT2D eigenvalue weighted by Crippen LogP contribution is -2.25. The molecule has 2 atom stereocenters. The summed E-state index contributed by atoms with van der Waals surface area (Å²) in [6.07, 6.45) is 11.4. The second-order valence-electron chi connectivity index (χ2n) is 7.66. The van der Waals surface area contributed by atoms with Gasteiger partial charge < -0.3 is 10.1 Å². The number of hydrogen-bond donors (Lipinski definition) is 1. The normalized spacial score (nSPS) is 27.3. The number of fused-ring (bicyclic) bond motifs is 3. The Kier molecular flexibility index (Phi) is 3.43. The van der Waals surface area contributed by atoms with Gasteiger partial charge in [-0.05, 0) is 44.1 Å². The summed E-state index contributed by atoms with van der Waals surface area (Å²) in [6, 6.07) is 1.78. The predicted molar refractivity (Wildman–Crippen MR) is 96.0 cm³/mol. The van der Waals surface area contributed by atoms with Gasteiger partial charge in [-0.25, -0.2) is 19.9 Å². The van der Waals surface area contributed by atoms with Gasteiger partial charge in [-0.15, -0.1) is 0 Å². The zero-order valence-electron chi connectivity index (χ0n) is 14.7. The molecule has 3 aromatic heterocycles. The van der Waals surface area contributed by atoms with Crippen LogP contribution >= 0.6 is 0 Å². The minimum absolute atomic E-state index is 0.110. The minimum atomic E-state index is 0.110. The molecule has 0 amide bonds. The predicted octanol–water partition coefficient (Wildman–Crippen LogP) is 2.37. The molecule has 4 heterocycles. The molecule has 8 nitrogen and oxygen atoms in total. The second kappa shape index (κ2) is 5.70. The molecule has 1 aliphatic heterocycles. The van der Waals surface area contributed by atoms with Gasteiger partial charge in [-0.1, -0.05) is 0 Å². The fourth-order valence-electron chi connectivity index (χ4n) is 4.34. The van der Waals surface area contributed by atoms with E-state index < -0.39 is 0 Å². The molecule has 1 N–H and O–H groups in total. The van der Waals surface area contributed by atoms with Crippen molar-refractivity contribution in [3.63, 3.8) is 0 Å². The van der Waals surface area contributed by atoms with Crippen molar-refractivity contribution >= 4 is 16.9 Å². The van der Waals surface area contributed by atoms with E-state index >= 15 is 0 Å². The molecule has 0 radical (unpaired) electrons. The van der Waals surface area contributed by atoms with Crippen LogP contribution in [0.2, 0.25) is 0 Å². The highest BCUT2D eigenvalue weighted by Crippen LogP contribution is 2.54. The minimum Gasteiger partial charge on any atom is -0.375 e. The van der Waals surface area contributed by atoms with E-state index in [1.165, 1.54) is 19.3 Å². The maximum atomic E-state index is 5.99. The molecule has 26 heavy (non-hydrogen) atoms. The van der Waals surface area contributed by atoms with Crippen molar-refractivity contribution in [2.24, 2.45) is 5.41 Å². The van der Waals surface area contributed by atoms with Gasteiger partial charge in [0, 0.05) is 18.9 Å². The lowest BCUT2D eigenvalue weighted by Gasteiger charge is -2.26. The molecule has 0 aromatic carbocycles. The summed E-state index contributed by atoms with van der Waals surface area (Å²) < 4.78 is 7.62. The third-order valence-electron chi connectivity index (χ3n) is 5.72. The van der Waals surface area contributed by atoms with Crippen molar-refractivity contribution in [2.75, 3.05) is 18.5 Å². The molecule has 1 aliphatic carbocycles. The summed E-state index contributed by atoms with van der Waals surface area (Å²) in [4.78, 5) is 17.2. The Balaban J connectivity index is 1.35. The number of hydrogen-bond acceptors (Lipinski definition) is 7. The molecule has 1 saturated carbocycles. The first-order valence-corrected chi connectivity index (χ1v) is 9.01. The Morgan fingerprint density at radius 2 is 2.08 bits per heavy atom. The van der Waals surface area contributed by atoms with Crippen molar-refractivity contribution in [3.05, 3.63) is 31.0 Å². The van der Waals surface area contributed by atoms with Gasteiger partial charge >= 0.3 is 0 Å². The van der Waals surface area contributed by atoms with E-state index in [4.69, 9.17) is 4.74 Å². The molecule has 2 fully saturated rings. The van der Waals surface area contributed by atoms with Gasteiger partial charge in [-0.3, -0.25) is 0 Å². The van der Waals surface area contributed by atoms with Crippen LogP contribution < -0.4 is 5.32 Å². The summed E-state index contributed by atoms with van der Waals surface area (Å²) >= 11 is 0. The fourth-order valence-corrected chi connectivity index (χ4v) is 4.34. The van der Waals surface area contributed by atoms with Crippen molar-refractivity contribution < 1.29 is 4.74 Å². The number of nitrogens with one attached hydrogen (secondary N) is 1. The van der Waals surface area contributed by atoms with Gasteiger partial charge in [0.1, 0.15) is 12.1 Å². The SMILES string of the molecule is CC12CCC(CCNc3ncnc4c3cnn4-c3ncccn3)(CO1)C2. The van der Waals surface area contributed by atoms with Gasteiger partial charge in [-0.2, -0.15) is 9.78 Å². The molecule has 2 unspecified atom stereocenters. The maximum Gasteiger partial charge on any atom is 0.252 e. The molecular weight excluding hydrogens is 330 g/mol. The molecule has 5 rings (SSSR count). The topological polar surface area (TPSA) is 90.6 Å². The largest absolute Gasteiger partial charge is 0.375 e. The van der Waals surface area contributed by atoms with Gasteiger partial charge in [0.05, 0.1) is 23.8 Å². The molecule has 3 aromatic rings. The van der Waals surface area contributed by atoms with E-state index in [-0.39, 0.29) is 5.60 Å². The monoisotopic (exact) mass is 351 g/mol. The number of aromatic nitrogens is 6. The van der Waals surface area contributed by atoms with Crippen LogP contribution in [0.25, 0.3) is 17.0 Å². The van der Waals surface area contributed by atoms with Gasteiger partial charge in [0.25, 0.3) is 5.95 Å². The van der Waals surface area contributed by atoms with Crippen LogP contribution in [0.15, 0.2) is 31.0 Å². The Morgan fingerprint density at radius 3 is 2.81 bits per heavy atom. The smallest absolute Gasteiger partial charge is 0.252 e. The summed E-state index contributed by atoms with van der Waals surface area (Å²) in [5.74, 6) is 1.30. The van der Waals surface area contributed by atoms with Crippen LogP contribution in [-0.4, -0.2) is 48.5 Å². The quantitative estimate of drug-likeness (QED) is 0.754. The average Bonchev–Trinajstić information content (AvgIpc) is 3.33. The molecule has 134 valence electrons. The third-order valence-corrected chi connectivity index (χ3v) is 5.72. The Morgan fingerprint density at radius 1 is 1.19 bits per heavy atom. The molecule has 8 heteroatoms. The van der Waals surface area contributed by atoms with Crippen molar-refractivity contribution in [1.82, 2.24) is 29.7 Å². The van der Waals surface area contributed by atoms with E-state index in [0.29, 0.717) is 17.0 Å². The average molecular weight is 351 g/mol. The fraction of sp³-hybridized carbons (Fsp3) is 0.500. The van der Waals surface area contributed by atoms with Crippen LogP contribution in [0.1, 0.15) is 32.6 Å². The van der Waals surface area contributed by atoms with Crippen molar-refractivity contribution in [3.8, 4) is 5.95 Å². The van der Waals surface area contributed by atoms with Crippen LogP contribution in [0.5, 0.6) is 0 Å². The Bertz CT molecular complexity index is 931. The Hall–Kier alpha value is -2.61. The molecule has 0 spiro atoms. The molecule has 1 saturated heterocycles. The highest BCUT2D eigenvalue weighted by atomic mass is 16.5. The highest BCUT2D eigenvalue weighted by molar-refractivity contribution is 5.86. The summed E-state index contributed by atoms with van der Waals surface area (Å²) in [6.45, 7) is 3.98. The summed E-state index contributed by atoms with van der Waals surface area (Å²) in [7, 11) is 0. The van der Waals surface area contributed by atoms with E-state index in [0.717, 1.165) is 30.8 Å². The lowest BCUT2D eigenvalue weighted by atomic mass is 9.84. The van der Waals surface area contributed by atoms with Gasteiger partial charge in [0.2, 0.25) is 0 Å². The van der Waals surface area contributed by atoms with Gasteiger partial charge in [0.15, 0.2) is 5.65 Å². The zero-order valence-corrected chi connectivity index (χ0v) is 14.7. The molecular formula is C18H21N7O. The number of ether oxygens (including phenoxy) is 1. The highest BCUT2D eigenvalue weighted by Gasteiger charge is 2.52. The first-order valence-electron chi connectivity index (χ1n) is 9.01. The number of nitrogens with zero attached hydrogens (tertiary/aromatic N) is 6. The van der Waals surface area contributed by atoms with Crippen LogP contribution in [-0.2, 0) is 4.74 Å². The standard InChI is InChI=1S/C18H21N7O/c1-17-3-4-18(10-17,11-26-17)5-8-19-14-13-9-24-25(15(13)23-12-22-14)16-20-6-2-7-21-16/h2,6-7,9,12H,3-5,8,10-11H2,1H3,(H,19,22,23). The number of anilines is 1. The second-order valence-corrected chi connectivity index (χ2v) is 7.66. The van der Waals surface area contributed by atoms with Crippen LogP contribution in [0.3, 0.4) is 0 Å². The first-order chi connectivity index (χ1) is 12.7. The first kappa shape index (κ1) is 15.6. The zero-order chi connectivity index (χ0) is 17.6. The maximum absolute atomic E-state index is 5.99. The Labute approximate surface area is 151 Å². The number of rotatable bonds is 5. The third kappa shape index (κ3) is 2.52. The van der Waals surface area contributed by atoms with E-state index in [2.05, 4.69) is 37.3 Å². The van der Waals surface area contributed by atoms with Crippen molar-refractivity contribution in [2.45, 2.75) is 38.2 Å². The van der Waals surface area contributed by atoms with Crippen LogP contribution in [0.4, 0.5) is 5.82 Å². The summed E-state index contributed by atoms with van der Waals surface area (Å²) in [5.41, 5.74) is 1.14. The van der Waals surface area contributed by atoms with Crippen molar-refractivity contribution in [1.29, 1.82) is 0 Å². The van der Waals surface area contributed by atoms with E-state index in [9.17, 15) is 0 Å². The van der Waals surface area contributed by atoms with E-state index in [1.54, 1.807) is 35.7 Å². The summed E-state index contributed by atoms with van der Waals surface area (Å²) in [5, 5.41) is 8.73. The van der Waals surface area contributed by atoms with E-state index in [1.807, 2.05) is 0 Å². The molecule has 2 bridgehead atoms. The molecule has 2 aliphatic rings. The lowest BCUT2D eigenvalue weighted by molar-refractivity contribution is -0.0162. The van der Waals surface area contributed by atoms with Crippen LogP contribution in [0, 0.1) is 5.41 Å².